The number of amides is 1. The van der Waals surface area contributed by atoms with Crippen molar-refractivity contribution in [2.45, 2.75) is 65.2 Å². The molecular weight excluding hydrogens is 482 g/mol. The molecule has 1 saturated heterocycles. The summed E-state index contributed by atoms with van der Waals surface area (Å²) in [6.45, 7) is 9.99. The molecule has 2 aliphatic rings. The van der Waals surface area contributed by atoms with E-state index in [1.54, 1.807) is 11.3 Å². The van der Waals surface area contributed by atoms with Crippen molar-refractivity contribution in [2.24, 2.45) is 0 Å². The largest absolute Gasteiger partial charge is 0.444 e. The Morgan fingerprint density at radius 1 is 1.23 bits per heavy atom. The van der Waals surface area contributed by atoms with Crippen molar-refractivity contribution < 1.29 is 14.6 Å². The summed E-state index contributed by atoms with van der Waals surface area (Å²) in [4.78, 5) is 22.7. The van der Waals surface area contributed by atoms with Crippen LogP contribution in [0, 0.1) is 6.92 Å². The van der Waals surface area contributed by atoms with Crippen LogP contribution < -0.4 is 4.90 Å². The Morgan fingerprint density at radius 3 is 2.77 bits per heavy atom. The number of aliphatic hydroxyl groups excluding tert-OH is 1. The quantitative estimate of drug-likeness (QED) is 0.453. The molecule has 1 fully saturated rings. The van der Waals surface area contributed by atoms with E-state index in [0.29, 0.717) is 13.1 Å². The van der Waals surface area contributed by atoms with E-state index in [1.165, 1.54) is 11.3 Å². The first-order valence-corrected chi connectivity index (χ1v) is 13.4. The summed E-state index contributed by atoms with van der Waals surface area (Å²) in [5.74, 6) is 0. The second-order valence-electron chi connectivity index (χ2n) is 10.5. The molecule has 186 valence electrons. The van der Waals surface area contributed by atoms with Gasteiger partial charge in [0.15, 0.2) is 0 Å². The van der Waals surface area contributed by atoms with Crippen molar-refractivity contribution in [1.29, 1.82) is 0 Å². The first-order chi connectivity index (χ1) is 16.6. The Bertz CT molecular complexity index is 1280. The van der Waals surface area contributed by atoms with Crippen LogP contribution in [0.15, 0.2) is 24.3 Å². The Morgan fingerprint density at radius 2 is 2.03 bits per heavy atom. The predicted octanol–water partition coefficient (Wildman–Crippen LogP) is 6.18. The minimum atomic E-state index is -0.504. The number of likely N-dealkylation sites (tertiary alicyclic amines) is 1. The summed E-state index contributed by atoms with van der Waals surface area (Å²) in [6.07, 6.45) is 2.68. The smallest absolute Gasteiger partial charge is 0.410 e. The average Bonchev–Trinajstić information content (AvgIpc) is 3.43. The zero-order chi connectivity index (χ0) is 24.9. The van der Waals surface area contributed by atoms with E-state index in [9.17, 15) is 9.90 Å². The van der Waals surface area contributed by atoms with Crippen molar-refractivity contribution in [1.82, 2.24) is 9.88 Å². The summed E-state index contributed by atoms with van der Waals surface area (Å²) < 4.78 is 6.70. The topological polar surface area (TPSA) is 65.9 Å². The zero-order valence-corrected chi connectivity index (χ0v) is 22.3. The Labute approximate surface area is 215 Å². The molecule has 4 heterocycles. The highest BCUT2D eigenvalue weighted by Gasteiger charge is 2.36. The van der Waals surface area contributed by atoms with Crippen LogP contribution in [0.3, 0.4) is 0 Å². The monoisotopic (exact) mass is 513 g/mol. The maximum Gasteiger partial charge on any atom is 0.410 e. The van der Waals surface area contributed by atoms with Crippen LogP contribution in [0.2, 0.25) is 5.02 Å². The van der Waals surface area contributed by atoms with Gasteiger partial charge in [-0.15, -0.1) is 11.3 Å². The number of rotatable bonds is 3. The normalized spacial score (nSPS) is 18.3. The number of carbonyl (C=O) groups is 1. The molecule has 0 unspecified atom stereocenters. The van der Waals surface area contributed by atoms with Crippen LogP contribution in [-0.2, 0) is 17.8 Å². The molecule has 2 aromatic heterocycles. The molecule has 0 aliphatic carbocycles. The van der Waals surface area contributed by atoms with Crippen LogP contribution >= 0.6 is 22.9 Å². The number of benzene rings is 1. The number of hydrogen-bond donors (Lipinski definition) is 1. The molecule has 35 heavy (non-hydrogen) atoms. The lowest BCUT2D eigenvalue weighted by Crippen LogP contribution is -2.43. The van der Waals surface area contributed by atoms with Crippen LogP contribution in [0.25, 0.3) is 21.3 Å². The molecule has 1 atom stereocenters. The van der Waals surface area contributed by atoms with Crippen LogP contribution in [0.1, 0.15) is 49.7 Å². The van der Waals surface area contributed by atoms with Gasteiger partial charge >= 0.3 is 6.09 Å². The predicted molar refractivity (Wildman–Crippen MR) is 143 cm³/mol. The van der Waals surface area contributed by atoms with E-state index in [4.69, 9.17) is 21.3 Å². The summed E-state index contributed by atoms with van der Waals surface area (Å²) in [7, 11) is 0. The molecule has 1 aromatic carbocycles. The fourth-order valence-corrected chi connectivity index (χ4v) is 6.50. The summed E-state index contributed by atoms with van der Waals surface area (Å²) in [6, 6.07) is 8.47. The first kappa shape index (κ1) is 24.3. The van der Waals surface area contributed by atoms with E-state index in [1.807, 2.05) is 38.7 Å². The molecule has 2 aliphatic heterocycles. The fourth-order valence-electron chi connectivity index (χ4n) is 5.28. The first-order valence-electron chi connectivity index (χ1n) is 12.2. The van der Waals surface area contributed by atoms with Crippen molar-refractivity contribution in [3.8, 4) is 11.1 Å². The van der Waals surface area contributed by atoms with Gasteiger partial charge in [-0.05, 0) is 76.8 Å². The van der Waals surface area contributed by atoms with Gasteiger partial charge in [-0.25, -0.2) is 4.79 Å². The van der Waals surface area contributed by atoms with Gasteiger partial charge in [-0.3, -0.25) is 4.98 Å². The van der Waals surface area contributed by atoms with E-state index in [2.05, 4.69) is 23.1 Å². The molecule has 1 N–H and O–H groups in total. The summed E-state index contributed by atoms with van der Waals surface area (Å²) >= 11 is 8.23. The number of halogens is 1. The lowest BCUT2D eigenvalue weighted by Gasteiger charge is -2.38. The molecule has 3 aromatic rings. The number of aromatic nitrogens is 1. The number of pyridine rings is 1. The number of aryl methyl sites for hydroxylation is 2. The number of hydrogen-bond acceptors (Lipinski definition) is 6. The van der Waals surface area contributed by atoms with Crippen LogP contribution in [-0.4, -0.2) is 52.4 Å². The highest BCUT2D eigenvalue weighted by atomic mass is 35.5. The molecule has 0 radical (unpaired) electrons. The minimum absolute atomic E-state index is 0.00185. The van der Waals surface area contributed by atoms with Crippen molar-refractivity contribution >= 4 is 44.9 Å². The van der Waals surface area contributed by atoms with Crippen molar-refractivity contribution in [3.63, 3.8) is 0 Å². The average molecular weight is 514 g/mol. The number of anilines is 1. The molecule has 6 nitrogen and oxygen atoms in total. The minimum Gasteiger partial charge on any atom is -0.444 e. The van der Waals surface area contributed by atoms with Gasteiger partial charge in [0, 0.05) is 58.1 Å². The number of thiophene rings is 1. The Balaban J connectivity index is 1.56. The van der Waals surface area contributed by atoms with E-state index < -0.39 is 5.60 Å². The molecule has 0 spiro atoms. The maximum atomic E-state index is 12.7. The third-order valence-corrected chi connectivity index (χ3v) is 8.01. The molecular formula is C27H32ClN3O3S. The molecule has 0 saturated carbocycles. The Hall–Kier alpha value is -2.35. The van der Waals surface area contributed by atoms with Gasteiger partial charge in [-0.1, -0.05) is 11.6 Å². The second-order valence-corrected chi connectivity index (χ2v) is 12.1. The van der Waals surface area contributed by atoms with Crippen LogP contribution in [0.5, 0.6) is 0 Å². The Kier molecular flexibility index (Phi) is 6.45. The number of aliphatic hydroxyl groups is 1. The summed E-state index contributed by atoms with van der Waals surface area (Å²) in [5, 5.41) is 10.5. The van der Waals surface area contributed by atoms with Crippen LogP contribution in [0.4, 0.5) is 10.5 Å². The molecule has 8 heteroatoms. The highest BCUT2D eigenvalue weighted by Crippen LogP contribution is 2.45. The molecule has 0 bridgehead atoms. The van der Waals surface area contributed by atoms with E-state index in [-0.39, 0.29) is 18.7 Å². The molecule has 5 rings (SSSR count). The lowest BCUT2D eigenvalue weighted by molar-refractivity contribution is 0.0292. The van der Waals surface area contributed by atoms with Gasteiger partial charge < -0.3 is 19.6 Å². The van der Waals surface area contributed by atoms with E-state index >= 15 is 0 Å². The zero-order valence-electron chi connectivity index (χ0n) is 20.7. The fraction of sp³-hybridized carbons (Fsp3) is 0.481. The third-order valence-electron chi connectivity index (χ3n) is 6.65. The number of carbonyl (C=O) groups excluding carboxylic acids is 1. The van der Waals surface area contributed by atoms with Gasteiger partial charge in [0.05, 0.1) is 16.8 Å². The van der Waals surface area contributed by atoms with Crippen molar-refractivity contribution in [3.05, 3.63) is 45.4 Å². The third kappa shape index (κ3) is 4.86. The summed E-state index contributed by atoms with van der Waals surface area (Å²) in [5.41, 5.74) is 5.99. The number of fused-ring (bicyclic) bond motifs is 2. The SMILES string of the molecule is Cc1cc(-c2cc(Cl)cc3c2N([C@H]2CCN(C(=O)OC(C)(C)C)C2)CCC3)c2sc(CO)cc2n1. The van der Waals surface area contributed by atoms with Crippen molar-refractivity contribution in [2.75, 3.05) is 24.5 Å². The molecule has 1 amide bonds. The van der Waals surface area contributed by atoms with Gasteiger partial charge in [-0.2, -0.15) is 0 Å². The van der Waals surface area contributed by atoms with E-state index in [0.717, 1.165) is 62.7 Å². The van der Waals surface area contributed by atoms with Gasteiger partial charge in [0.1, 0.15) is 5.60 Å². The maximum absolute atomic E-state index is 12.7. The standard InChI is InChI=1S/C27H32ClN3O3S/c1-16-10-22(25-23(29-16)13-20(15-32)35-25)21-12-18(28)11-17-6-5-8-31(24(17)21)19-7-9-30(14-19)26(33)34-27(2,3)4/h10-13,19,32H,5-9,14-15H2,1-4H3/t19-/m0/s1. The lowest BCUT2D eigenvalue weighted by atomic mass is 9.92. The van der Waals surface area contributed by atoms with Gasteiger partial charge in [0.2, 0.25) is 0 Å². The second kappa shape index (κ2) is 9.26. The van der Waals surface area contributed by atoms with Gasteiger partial charge in [0.25, 0.3) is 0 Å². The number of nitrogens with zero attached hydrogens (tertiary/aromatic N) is 3. The number of ether oxygens (including phenoxy) is 1. The highest BCUT2D eigenvalue weighted by molar-refractivity contribution is 7.19.